The molecule has 1 atom stereocenters. The summed E-state index contributed by atoms with van der Waals surface area (Å²) in [5.74, 6) is 0.411. The molecule has 0 saturated carbocycles. The lowest BCUT2D eigenvalue weighted by molar-refractivity contribution is 0.206. The molecule has 1 aromatic heterocycles. The summed E-state index contributed by atoms with van der Waals surface area (Å²) in [6.45, 7) is 4.46. The normalized spacial score (nSPS) is 12.2. The SMILES string of the molecule is CC(C)CC(CO)NC(=O)NCc1ccccc1-n1ccnc1. The molecule has 3 N–H and O–H groups in total. The predicted octanol–water partition coefficient (Wildman–Crippen LogP) is 2.08. The van der Waals surface area contributed by atoms with Crippen LogP contribution in [0.2, 0.25) is 0 Å². The van der Waals surface area contributed by atoms with Gasteiger partial charge in [0.25, 0.3) is 0 Å². The molecule has 0 saturated heterocycles. The Balaban J connectivity index is 1.95. The number of carbonyl (C=O) groups is 1. The Hall–Kier alpha value is -2.34. The van der Waals surface area contributed by atoms with Crippen LogP contribution in [0.3, 0.4) is 0 Å². The van der Waals surface area contributed by atoms with Crippen molar-refractivity contribution in [2.45, 2.75) is 32.9 Å². The van der Waals surface area contributed by atoms with Gasteiger partial charge in [0.15, 0.2) is 0 Å². The number of para-hydroxylation sites is 1. The molecule has 0 aliphatic rings. The average Bonchev–Trinajstić information content (AvgIpc) is 3.06. The molecule has 2 aromatic rings. The van der Waals surface area contributed by atoms with Crippen molar-refractivity contribution in [1.82, 2.24) is 20.2 Å². The van der Waals surface area contributed by atoms with Crippen molar-refractivity contribution < 1.29 is 9.90 Å². The maximum Gasteiger partial charge on any atom is 0.315 e. The highest BCUT2D eigenvalue weighted by Gasteiger charge is 2.13. The number of urea groups is 1. The summed E-state index contributed by atoms with van der Waals surface area (Å²) in [6, 6.07) is 7.33. The number of benzene rings is 1. The van der Waals surface area contributed by atoms with Gasteiger partial charge in [0, 0.05) is 18.9 Å². The minimum Gasteiger partial charge on any atom is -0.394 e. The second-order valence-corrected chi connectivity index (χ2v) is 5.93. The smallest absolute Gasteiger partial charge is 0.315 e. The van der Waals surface area contributed by atoms with Crippen LogP contribution in [0.25, 0.3) is 5.69 Å². The minimum absolute atomic E-state index is 0.0583. The highest BCUT2D eigenvalue weighted by atomic mass is 16.3. The van der Waals surface area contributed by atoms with Gasteiger partial charge in [0.1, 0.15) is 0 Å². The lowest BCUT2D eigenvalue weighted by atomic mass is 10.0. The first-order valence-electron chi connectivity index (χ1n) is 7.81. The molecule has 124 valence electrons. The summed E-state index contributed by atoms with van der Waals surface area (Å²) in [6.07, 6.45) is 6.05. The quantitative estimate of drug-likeness (QED) is 0.732. The van der Waals surface area contributed by atoms with E-state index in [1.165, 1.54) is 0 Å². The zero-order valence-corrected chi connectivity index (χ0v) is 13.6. The highest BCUT2D eigenvalue weighted by Crippen LogP contribution is 2.13. The van der Waals surface area contributed by atoms with Gasteiger partial charge in [-0.1, -0.05) is 32.0 Å². The number of rotatable bonds is 7. The van der Waals surface area contributed by atoms with Gasteiger partial charge in [-0.3, -0.25) is 0 Å². The number of hydrogen-bond acceptors (Lipinski definition) is 3. The van der Waals surface area contributed by atoms with E-state index < -0.39 is 0 Å². The van der Waals surface area contributed by atoms with Crippen molar-refractivity contribution in [3.63, 3.8) is 0 Å². The number of imidazole rings is 1. The number of hydrogen-bond donors (Lipinski definition) is 3. The third-order valence-electron chi connectivity index (χ3n) is 3.53. The summed E-state index contributed by atoms with van der Waals surface area (Å²) in [4.78, 5) is 16.1. The minimum atomic E-state index is -0.273. The molecule has 1 heterocycles. The number of aliphatic hydroxyl groups excluding tert-OH is 1. The van der Waals surface area contributed by atoms with Crippen LogP contribution in [-0.4, -0.2) is 33.3 Å². The summed E-state index contributed by atoms with van der Waals surface area (Å²) in [7, 11) is 0. The molecule has 0 bridgehead atoms. The Morgan fingerprint density at radius 1 is 1.35 bits per heavy atom. The van der Waals surface area contributed by atoms with Gasteiger partial charge >= 0.3 is 6.03 Å². The standard InChI is InChI=1S/C17H24N4O2/c1-13(2)9-15(11-22)20-17(23)19-10-14-5-3-4-6-16(14)21-8-7-18-12-21/h3-8,12-13,15,22H,9-11H2,1-2H3,(H2,19,20,23). The zero-order chi connectivity index (χ0) is 16.7. The van der Waals surface area contributed by atoms with Gasteiger partial charge < -0.3 is 20.3 Å². The number of amides is 2. The largest absolute Gasteiger partial charge is 0.394 e. The lowest BCUT2D eigenvalue weighted by Crippen LogP contribution is -2.44. The Morgan fingerprint density at radius 3 is 2.78 bits per heavy atom. The molecule has 6 nitrogen and oxygen atoms in total. The summed E-state index contributed by atoms with van der Waals surface area (Å²) < 4.78 is 1.91. The Kier molecular flexibility index (Phi) is 6.17. The van der Waals surface area contributed by atoms with E-state index >= 15 is 0 Å². The van der Waals surface area contributed by atoms with E-state index in [0.29, 0.717) is 12.5 Å². The number of nitrogens with one attached hydrogen (secondary N) is 2. The first-order valence-corrected chi connectivity index (χ1v) is 7.81. The second-order valence-electron chi connectivity index (χ2n) is 5.93. The van der Waals surface area contributed by atoms with Crippen molar-refractivity contribution in [3.05, 3.63) is 48.5 Å². The number of nitrogens with zero attached hydrogens (tertiary/aromatic N) is 2. The fourth-order valence-electron chi connectivity index (χ4n) is 2.47. The highest BCUT2D eigenvalue weighted by molar-refractivity contribution is 5.74. The molecule has 0 aliphatic heterocycles. The first-order chi connectivity index (χ1) is 11.1. The van der Waals surface area contributed by atoms with Crippen LogP contribution in [0.15, 0.2) is 43.0 Å². The van der Waals surface area contributed by atoms with Crippen LogP contribution in [0, 0.1) is 5.92 Å². The Morgan fingerprint density at radius 2 is 2.13 bits per heavy atom. The average molecular weight is 316 g/mol. The van der Waals surface area contributed by atoms with Gasteiger partial charge in [-0.2, -0.15) is 0 Å². The van der Waals surface area contributed by atoms with Crippen molar-refractivity contribution in [2.75, 3.05) is 6.61 Å². The van der Waals surface area contributed by atoms with Crippen LogP contribution < -0.4 is 10.6 Å². The summed E-state index contributed by atoms with van der Waals surface area (Å²) >= 11 is 0. The van der Waals surface area contributed by atoms with Crippen LogP contribution in [0.4, 0.5) is 4.79 Å². The lowest BCUT2D eigenvalue weighted by Gasteiger charge is -2.19. The predicted molar refractivity (Wildman–Crippen MR) is 89.3 cm³/mol. The summed E-state index contributed by atoms with van der Waals surface area (Å²) in [5.41, 5.74) is 1.97. The molecule has 0 radical (unpaired) electrons. The number of aromatic nitrogens is 2. The van der Waals surface area contributed by atoms with Crippen LogP contribution in [0.5, 0.6) is 0 Å². The molecule has 6 heteroatoms. The van der Waals surface area contributed by atoms with Crippen LogP contribution >= 0.6 is 0 Å². The van der Waals surface area contributed by atoms with Crippen molar-refractivity contribution in [3.8, 4) is 5.69 Å². The second kappa shape index (κ2) is 8.33. The van der Waals surface area contributed by atoms with Gasteiger partial charge in [-0.25, -0.2) is 9.78 Å². The first kappa shape index (κ1) is 17.0. The molecule has 2 rings (SSSR count). The molecule has 0 spiro atoms. The Labute approximate surface area is 136 Å². The topological polar surface area (TPSA) is 79.2 Å². The van der Waals surface area contributed by atoms with Gasteiger partial charge in [0.2, 0.25) is 0 Å². The van der Waals surface area contributed by atoms with Gasteiger partial charge in [-0.15, -0.1) is 0 Å². The summed E-state index contributed by atoms with van der Waals surface area (Å²) in [5, 5.41) is 15.0. The van der Waals surface area contributed by atoms with E-state index in [2.05, 4.69) is 29.5 Å². The van der Waals surface area contributed by atoms with E-state index in [0.717, 1.165) is 17.7 Å². The maximum absolute atomic E-state index is 12.0. The van der Waals surface area contributed by atoms with Crippen LogP contribution in [0.1, 0.15) is 25.8 Å². The van der Waals surface area contributed by atoms with Gasteiger partial charge in [0.05, 0.1) is 24.7 Å². The molecule has 2 amide bonds. The van der Waals surface area contributed by atoms with E-state index in [1.807, 2.05) is 35.0 Å². The van der Waals surface area contributed by atoms with Gasteiger partial charge in [-0.05, 0) is 24.0 Å². The molecule has 0 aliphatic carbocycles. The fourth-order valence-corrected chi connectivity index (χ4v) is 2.47. The maximum atomic E-state index is 12.0. The van der Waals surface area contributed by atoms with E-state index in [1.54, 1.807) is 12.5 Å². The van der Waals surface area contributed by atoms with E-state index in [9.17, 15) is 9.90 Å². The van der Waals surface area contributed by atoms with E-state index in [4.69, 9.17) is 0 Å². The van der Waals surface area contributed by atoms with Crippen molar-refractivity contribution >= 4 is 6.03 Å². The van der Waals surface area contributed by atoms with E-state index in [-0.39, 0.29) is 18.7 Å². The number of carbonyl (C=O) groups excluding carboxylic acids is 1. The molecular weight excluding hydrogens is 292 g/mol. The Bertz CT molecular complexity index is 611. The molecule has 1 aromatic carbocycles. The third kappa shape index (κ3) is 5.10. The zero-order valence-electron chi connectivity index (χ0n) is 13.6. The fraction of sp³-hybridized carbons (Fsp3) is 0.412. The monoisotopic (exact) mass is 316 g/mol. The van der Waals surface area contributed by atoms with Crippen LogP contribution in [-0.2, 0) is 6.54 Å². The molecule has 0 fully saturated rings. The molecule has 1 unspecified atom stereocenters. The molecular formula is C17H24N4O2. The van der Waals surface area contributed by atoms with Crippen molar-refractivity contribution in [1.29, 1.82) is 0 Å². The molecule has 23 heavy (non-hydrogen) atoms. The number of aliphatic hydroxyl groups is 1. The van der Waals surface area contributed by atoms with Crippen molar-refractivity contribution in [2.24, 2.45) is 5.92 Å². The third-order valence-corrected chi connectivity index (χ3v) is 3.53.